The minimum atomic E-state index is -0.386. The van der Waals surface area contributed by atoms with Crippen molar-refractivity contribution in [2.45, 2.75) is 6.61 Å². The van der Waals surface area contributed by atoms with Crippen LogP contribution in [0.1, 0.15) is 21.5 Å². The maximum Gasteiger partial charge on any atom is 0.275 e. The Morgan fingerprint density at radius 1 is 0.861 bits per heavy atom. The van der Waals surface area contributed by atoms with Crippen LogP contribution >= 0.6 is 0 Å². The van der Waals surface area contributed by atoms with E-state index in [1.54, 1.807) is 24.4 Å². The number of methoxy groups -OCH3 is 1. The van der Waals surface area contributed by atoms with Crippen molar-refractivity contribution in [3.8, 4) is 11.5 Å². The van der Waals surface area contributed by atoms with Gasteiger partial charge in [-0.15, -0.1) is 0 Å². The number of ether oxygens (including phenoxy) is 2. The molecule has 1 N–H and O–H groups in total. The van der Waals surface area contributed by atoms with Crippen molar-refractivity contribution < 1.29 is 18.7 Å². The van der Waals surface area contributed by atoms with Gasteiger partial charge in [-0.3, -0.25) is 4.79 Å². The van der Waals surface area contributed by atoms with E-state index in [0.29, 0.717) is 17.1 Å². The lowest BCUT2D eigenvalue weighted by atomic mass is 10.0. The highest BCUT2D eigenvalue weighted by molar-refractivity contribution is 6.04. The van der Waals surface area contributed by atoms with E-state index in [9.17, 15) is 9.18 Å². The summed E-state index contributed by atoms with van der Waals surface area (Å²) in [7, 11) is 1.53. The average molecular weight is 479 g/mol. The van der Waals surface area contributed by atoms with E-state index in [0.717, 1.165) is 32.7 Å². The third kappa shape index (κ3) is 4.88. The maximum absolute atomic E-state index is 13.2. The normalized spacial score (nSPS) is 11.2. The molecule has 0 aromatic heterocycles. The van der Waals surface area contributed by atoms with Crippen molar-refractivity contribution >= 4 is 33.7 Å². The van der Waals surface area contributed by atoms with Gasteiger partial charge in [0.25, 0.3) is 5.91 Å². The van der Waals surface area contributed by atoms with E-state index in [1.807, 2.05) is 66.7 Å². The fourth-order valence-corrected chi connectivity index (χ4v) is 4.06. The molecule has 5 nitrogen and oxygen atoms in total. The van der Waals surface area contributed by atoms with E-state index in [4.69, 9.17) is 9.47 Å². The quantitative estimate of drug-likeness (QED) is 0.215. The molecule has 0 unspecified atom stereocenters. The third-order valence-electron chi connectivity index (χ3n) is 5.91. The van der Waals surface area contributed by atoms with Gasteiger partial charge in [-0.05, 0) is 57.4 Å². The Hall–Kier alpha value is -4.71. The largest absolute Gasteiger partial charge is 0.496 e. The van der Waals surface area contributed by atoms with Crippen LogP contribution in [0.15, 0.2) is 102 Å². The third-order valence-corrected chi connectivity index (χ3v) is 5.91. The number of hydrogen-bond acceptors (Lipinski definition) is 4. The highest BCUT2D eigenvalue weighted by Crippen LogP contribution is 2.28. The van der Waals surface area contributed by atoms with Gasteiger partial charge >= 0.3 is 0 Å². The zero-order chi connectivity index (χ0) is 24.9. The van der Waals surface area contributed by atoms with Gasteiger partial charge in [-0.2, -0.15) is 5.10 Å². The number of hydrazone groups is 1. The molecule has 0 bridgehead atoms. The second-order valence-corrected chi connectivity index (χ2v) is 8.21. The zero-order valence-electron chi connectivity index (χ0n) is 19.6. The Kier molecular flexibility index (Phi) is 6.58. The van der Waals surface area contributed by atoms with Crippen molar-refractivity contribution in [2.75, 3.05) is 7.11 Å². The summed E-state index contributed by atoms with van der Waals surface area (Å²) in [5.74, 6) is 0.383. The van der Waals surface area contributed by atoms with Crippen molar-refractivity contribution in [1.29, 1.82) is 0 Å². The van der Waals surface area contributed by atoms with Crippen LogP contribution in [0, 0.1) is 5.82 Å². The van der Waals surface area contributed by atoms with Gasteiger partial charge < -0.3 is 9.47 Å². The number of carbonyl (C=O) groups is 1. The summed E-state index contributed by atoms with van der Waals surface area (Å²) in [4.78, 5) is 13.0. The average Bonchev–Trinajstić information content (AvgIpc) is 2.92. The molecule has 0 heterocycles. The number of fused-ring (bicyclic) bond motifs is 2. The summed E-state index contributed by atoms with van der Waals surface area (Å²) in [5.41, 5.74) is 4.56. The first-order valence-corrected chi connectivity index (χ1v) is 11.4. The van der Waals surface area contributed by atoms with Gasteiger partial charge in [0.15, 0.2) is 0 Å². The number of halogens is 1. The van der Waals surface area contributed by atoms with Crippen LogP contribution in [-0.2, 0) is 6.61 Å². The predicted octanol–water partition coefficient (Wildman–Crippen LogP) is 6.48. The lowest BCUT2D eigenvalue weighted by Crippen LogP contribution is -2.18. The van der Waals surface area contributed by atoms with Crippen molar-refractivity contribution in [2.24, 2.45) is 5.10 Å². The van der Waals surface area contributed by atoms with E-state index in [-0.39, 0.29) is 18.3 Å². The molecule has 0 aliphatic carbocycles. The summed E-state index contributed by atoms with van der Waals surface area (Å²) in [6, 6.07) is 29.2. The van der Waals surface area contributed by atoms with Crippen LogP contribution in [0.4, 0.5) is 4.39 Å². The molecule has 36 heavy (non-hydrogen) atoms. The summed E-state index contributed by atoms with van der Waals surface area (Å²) in [5, 5.41) is 8.09. The Balaban J connectivity index is 1.42. The molecular formula is C30H23FN2O3. The van der Waals surface area contributed by atoms with E-state index in [1.165, 1.54) is 19.2 Å². The Morgan fingerprint density at radius 2 is 1.56 bits per heavy atom. The van der Waals surface area contributed by atoms with Crippen LogP contribution in [0.25, 0.3) is 21.5 Å². The Morgan fingerprint density at radius 3 is 2.31 bits per heavy atom. The van der Waals surface area contributed by atoms with Crippen molar-refractivity contribution in [1.82, 2.24) is 5.43 Å². The molecule has 1 amide bonds. The first kappa shape index (κ1) is 23.1. The first-order valence-electron chi connectivity index (χ1n) is 11.4. The smallest absolute Gasteiger partial charge is 0.275 e. The van der Waals surface area contributed by atoms with Gasteiger partial charge in [0.1, 0.15) is 23.9 Å². The van der Waals surface area contributed by atoms with Gasteiger partial charge in [-0.1, -0.05) is 66.7 Å². The standard InChI is InChI=1S/C30H23FN2O3/c1-35-29-17-23-8-3-2-7-22(23)16-26(29)30(34)33-32-18-27-25-9-5-4-6-21(25)12-15-28(27)36-19-20-10-13-24(31)14-11-20/h2-18H,19H2,1H3,(H,33,34). The molecular weight excluding hydrogens is 455 g/mol. The van der Waals surface area contributed by atoms with E-state index in [2.05, 4.69) is 10.5 Å². The number of carbonyl (C=O) groups excluding carboxylic acids is 1. The van der Waals surface area contributed by atoms with Crippen LogP contribution in [0.3, 0.4) is 0 Å². The second-order valence-electron chi connectivity index (χ2n) is 8.21. The zero-order valence-corrected chi connectivity index (χ0v) is 19.6. The van der Waals surface area contributed by atoms with Crippen LogP contribution in [0.2, 0.25) is 0 Å². The number of nitrogens with zero attached hydrogens (tertiary/aromatic N) is 1. The molecule has 0 atom stereocenters. The summed E-state index contributed by atoms with van der Waals surface area (Å²) >= 11 is 0. The number of benzene rings is 5. The summed E-state index contributed by atoms with van der Waals surface area (Å²) in [6.45, 7) is 0.264. The molecule has 178 valence electrons. The van der Waals surface area contributed by atoms with Gasteiger partial charge in [0.05, 0.1) is 18.9 Å². The molecule has 0 aliphatic rings. The van der Waals surface area contributed by atoms with Crippen molar-refractivity contribution in [3.63, 3.8) is 0 Å². The summed E-state index contributed by atoms with van der Waals surface area (Å²) < 4.78 is 24.7. The first-order chi connectivity index (χ1) is 17.6. The lowest BCUT2D eigenvalue weighted by Gasteiger charge is -2.12. The lowest BCUT2D eigenvalue weighted by molar-refractivity contribution is 0.0952. The minimum Gasteiger partial charge on any atom is -0.496 e. The molecule has 6 heteroatoms. The van der Waals surface area contributed by atoms with E-state index >= 15 is 0 Å². The van der Waals surface area contributed by atoms with Crippen LogP contribution in [-0.4, -0.2) is 19.2 Å². The molecule has 0 saturated carbocycles. The monoisotopic (exact) mass is 478 g/mol. The molecule has 5 aromatic carbocycles. The summed E-state index contributed by atoms with van der Waals surface area (Å²) in [6.07, 6.45) is 1.58. The van der Waals surface area contributed by atoms with Gasteiger partial charge in [0, 0.05) is 5.56 Å². The Bertz CT molecular complexity index is 1580. The fourth-order valence-electron chi connectivity index (χ4n) is 4.06. The predicted molar refractivity (Wildman–Crippen MR) is 140 cm³/mol. The molecule has 5 aromatic rings. The molecule has 0 spiro atoms. The topological polar surface area (TPSA) is 59.9 Å². The number of amides is 1. The second kappa shape index (κ2) is 10.3. The molecule has 0 aliphatic heterocycles. The molecule has 0 radical (unpaired) electrons. The SMILES string of the molecule is COc1cc2ccccc2cc1C(=O)NN=Cc1c(OCc2ccc(F)cc2)ccc2ccccc12. The van der Waals surface area contributed by atoms with Crippen molar-refractivity contribution in [3.05, 3.63) is 120 Å². The maximum atomic E-state index is 13.2. The Labute approximate surface area is 207 Å². The highest BCUT2D eigenvalue weighted by Gasteiger charge is 2.14. The van der Waals surface area contributed by atoms with Crippen LogP contribution in [0.5, 0.6) is 11.5 Å². The number of hydrogen-bond donors (Lipinski definition) is 1. The van der Waals surface area contributed by atoms with Gasteiger partial charge in [-0.25, -0.2) is 9.82 Å². The minimum absolute atomic E-state index is 0.264. The highest BCUT2D eigenvalue weighted by atomic mass is 19.1. The number of nitrogens with one attached hydrogen (secondary N) is 1. The molecule has 5 rings (SSSR count). The van der Waals surface area contributed by atoms with Gasteiger partial charge in [0.2, 0.25) is 0 Å². The molecule has 0 saturated heterocycles. The molecule has 0 fully saturated rings. The van der Waals surface area contributed by atoms with E-state index < -0.39 is 0 Å². The fraction of sp³-hybridized carbons (Fsp3) is 0.0667. The van der Waals surface area contributed by atoms with Crippen LogP contribution < -0.4 is 14.9 Å². The number of rotatable bonds is 7.